The van der Waals surface area contributed by atoms with Crippen molar-refractivity contribution in [3.63, 3.8) is 0 Å². The van der Waals surface area contributed by atoms with Gasteiger partial charge in [0.2, 0.25) is 0 Å². The quantitative estimate of drug-likeness (QED) is 0.822. The van der Waals surface area contributed by atoms with Crippen LogP contribution in [-0.4, -0.2) is 41.2 Å². The van der Waals surface area contributed by atoms with Gasteiger partial charge in [-0.3, -0.25) is 0 Å². The number of aromatic nitrogens is 1. The number of nitrogens with zero attached hydrogens (tertiary/aromatic N) is 3. The van der Waals surface area contributed by atoms with Gasteiger partial charge in [0.15, 0.2) is 5.11 Å². The molecule has 0 unspecified atom stereocenters. The zero-order chi connectivity index (χ0) is 16.9. The van der Waals surface area contributed by atoms with E-state index in [1.54, 1.807) is 6.07 Å². The normalized spacial score (nSPS) is 14.6. The van der Waals surface area contributed by atoms with E-state index in [-0.39, 0.29) is 0 Å². The van der Waals surface area contributed by atoms with E-state index in [0.717, 1.165) is 42.7 Å². The fourth-order valence-electron chi connectivity index (χ4n) is 2.62. The molecule has 3 rings (SSSR count). The first-order chi connectivity index (χ1) is 11.6. The van der Waals surface area contributed by atoms with Gasteiger partial charge in [-0.25, -0.2) is 4.98 Å². The lowest BCUT2D eigenvalue weighted by Crippen LogP contribution is -2.51. The van der Waals surface area contributed by atoms with Crippen molar-refractivity contribution in [3.05, 3.63) is 58.2 Å². The van der Waals surface area contributed by atoms with E-state index in [2.05, 4.69) is 20.1 Å². The summed E-state index contributed by atoms with van der Waals surface area (Å²) >= 11 is 17.5. The Kier molecular flexibility index (Phi) is 5.76. The van der Waals surface area contributed by atoms with Gasteiger partial charge >= 0.3 is 0 Å². The molecule has 2 heterocycles. The third kappa shape index (κ3) is 4.29. The minimum Gasteiger partial charge on any atom is -0.358 e. The topological polar surface area (TPSA) is 31.4 Å². The Morgan fingerprint density at radius 2 is 1.88 bits per heavy atom. The van der Waals surface area contributed by atoms with Crippen molar-refractivity contribution in [2.24, 2.45) is 0 Å². The summed E-state index contributed by atoms with van der Waals surface area (Å²) < 4.78 is 0. The minimum atomic E-state index is 0.561. The maximum absolute atomic E-state index is 6.04. The maximum Gasteiger partial charge on any atom is 0.169 e. The number of hydrogen-bond acceptors (Lipinski definition) is 3. The molecule has 1 aliphatic rings. The summed E-state index contributed by atoms with van der Waals surface area (Å²) in [5.41, 5.74) is 1.05. The van der Waals surface area contributed by atoms with Crippen LogP contribution in [0.5, 0.6) is 0 Å². The fourth-order valence-corrected chi connectivity index (χ4v) is 3.19. The average Bonchev–Trinajstić information content (AvgIpc) is 2.63. The number of anilines is 1. The molecule has 1 aliphatic heterocycles. The van der Waals surface area contributed by atoms with Crippen molar-refractivity contribution >= 4 is 46.4 Å². The first-order valence-electron chi connectivity index (χ1n) is 7.76. The highest BCUT2D eigenvalue weighted by molar-refractivity contribution is 7.80. The maximum atomic E-state index is 6.04. The number of nitrogens with one attached hydrogen (secondary N) is 1. The predicted molar refractivity (Wildman–Crippen MR) is 104 cm³/mol. The molecule has 126 valence electrons. The standard InChI is InChI=1S/C17H18Cl2N4S/c18-14-5-4-13(11-15(14)19)12-21-17(24)23-9-7-22(8-10-23)16-3-1-2-6-20-16/h1-6,11H,7-10,12H2,(H,21,24). The van der Waals surface area contributed by atoms with E-state index < -0.39 is 0 Å². The molecule has 1 saturated heterocycles. The largest absolute Gasteiger partial charge is 0.358 e. The number of rotatable bonds is 3. The molecule has 0 atom stereocenters. The van der Waals surface area contributed by atoms with Gasteiger partial charge in [0.1, 0.15) is 5.82 Å². The summed E-state index contributed by atoms with van der Waals surface area (Å²) in [7, 11) is 0. The first kappa shape index (κ1) is 17.3. The molecular formula is C17H18Cl2N4S. The Labute approximate surface area is 157 Å². The van der Waals surface area contributed by atoms with Gasteiger partial charge in [0.25, 0.3) is 0 Å². The van der Waals surface area contributed by atoms with Crippen LogP contribution in [0.2, 0.25) is 10.0 Å². The monoisotopic (exact) mass is 380 g/mol. The molecule has 0 aliphatic carbocycles. The van der Waals surface area contributed by atoms with Crippen LogP contribution in [0.15, 0.2) is 42.6 Å². The highest BCUT2D eigenvalue weighted by Crippen LogP contribution is 2.22. The van der Waals surface area contributed by atoms with Crippen LogP contribution in [0.25, 0.3) is 0 Å². The molecule has 0 spiro atoms. The van der Waals surface area contributed by atoms with Crippen molar-refractivity contribution in [1.82, 2.24) is 15.2 Å². The van der Waals surface area contributed by atoms with Gasteiger partial charge < -0.3 is 15.1 Å². The summed E-state index contributed by atoms with van der Waals surface area (Å²) in [5.74, 6) is 1.02. The second-order valence-corrected chi connectivity index (χ2v) is 6.77. The van der Waals surface area contributed by atoms with E-state index in [1.165, 1.54) is 0 Å². The van der Waals surface area contributed by atoms with Crippen LogP contribution in [0, 0.1) is 0 Å². The number of halogens is 2. The number of benzene rings is 1. The van der Waals surface area contributed by atoms with E-state index in [9.17, 15) is 0 Å². The predicted octanol–water partition coefficient (Wildman–Crippen LogP) is 3.59. The molecule has 0 bridgehead atoms. The molecule has 1 aromatic heterocycles. The number of hydrogen-bond donors (Lipinski definition) is 1. The van der Waals surface area contributed by atoms with Gasteiger partial charge in [-0.15, -0.1) is 0 Å². The van der Waals surface area contributed by atoms with E-state index in [1.807, 2.05) is 36.5 Å². The molecule has 1 fully saturated rings. The molecule has 1 N–H and O–H groups in total. The molecule has 4 nitrogen and oxygen atoms in total. The smallest absolute Gasteiger partial charge is 0.169 e. The molecule has 1 aromatic carbocycles. The van der Waals surface area contributed by atoms with Crippen LogP contribution in [0.4, 0.5) is 5.82 Å². The molecular weight excluding hydrogens is 363 g/mol. The molecule has 0 saturated carbocycles. The van der Waals surface area contributed by atoms with Gasteiger partial charge in [-0.2, -0.15) is 0 Å². The van der Waals surface area contributed by atoms with Crippen molar-refractivity contribution < 1.29 is 0 Å². The van der Waals surface area contributed by atoms with Crippen molar-refractivity contribution in [2.45, 2.75) is 6.54 Å². The van der Waals surface area contributed by atoms with Crippen LogP contribution in [0.1, 0.15) is 5.56 Å². The summed E-state index contributed by atoms with van der Waals surface area (Å²) in [4.78, 5) is 8.86. The lowest BCUT2D eigenvalue weighted by atomic mass is 10.2. The van der Waals surface area contributed by atoms with Crippen LogP contribution in [-0.2, 0) is 6.54 Å². The van der Waals surface area contributed by atoms with Crippen molar-refractivity contribution in [2.75, 3.05) is 31.1 Å². The Balaban J connectivity index is 1.49. The minimum absolute atomic E-state index is 0.561. The molecule has 0 radical (unpaired) electrons. The third-order valence-corrected chi connectivity index (χ3v) is 5.11. The van der Waals surface area contributed by atoms with Crippen molar-refractivity contribution in [1.29, 1.82) is 0 Å². The first-order valence-corrected chi connectivity index (χ1v) is 8.92. The summed E-state index contributed by atoms with van der Waals surface area (Å²) in [6, 6.07) is 11.6. The Bertz CT molecular complexity index is 703. The Morgan fingerprint density at radius 1 is 1.08 bits per heavy atom. The van der Waals surface area contributed by atoms with E-state index >= 15 is 0 Å². The molecule has 24 heavy (non-hydrogen) atoms. The number of pyridine rings is 1. The summed E-state index contributed by atoms with van der Waals surface area (Å²) in [6.07, 6.45) is 1.82. The molecule has 0 amide bonds. The highest BCUT2D eigenvalue weighted by atomic mass is 35.5. The Morgan fingerprint density at radius 3 is 2.54 bits per heavy atom. The number of thiocarbonyl (C=S) groups is 1. The van der Waals surface area contributed by atoms with E-state index in [4.69, 9.17) is 35.4 Å². The second-order valence-electron chi connectivity index (χ2n) is 5.57. The van der Waals surface area contributed by atoms with Gasteiger partial charge in [-0.1, -0.05) is 35.3 Å². The van der Waals surface area contributed by atoms with E-state index in [0.29, 0.717) is 16.6 Å². The van der Waals surface area contributed by atoms with Gasteiger partial charge in [-0.05, 0) is 42.0 Å². The zero-order valence-electron chi connectivity index (χ0n) is 13.1. The zero-order valence-corrected chi connectivity index (χ0v) is 15.4. The SMILES string of the molecule is S=C(NCc1ccc(Cl)c(Cl)c1)N1CCN(c2ccccn2)CC1. The van der Waals surface area contributed by atoms with Gasteiger partial charge in [0, 0.05) is 38.9 Å². The molecule has 2 aromatic rings. The fraction of sp³-hybridized carbons (Fsp3) is 0.294. The number of piperazine rings is 1. The van der Waals surface area contributed by atoms with Crippen molar-refractivity contribution in [3.8, 4) is 0 Å². The second kappa shape index (κ2) is 8.01. The summed E-state index contributed by atoms with van der Waals surface area (Å²) in [6.45, 7) is 4.21. The van der Waals surface area contributed by atoms with Crippen LogP contribution < -0.4 is 10.2 Å². The highest BCUT2D eigenvalue weighted by Gasteiger charge is 2.19. The summed E-state index contributed by atoms with van der Waals surface area (Å²) in [5, 5.41) is 5.18. The lowest BCUT2D eigenvalue weighted by Gasteiger charge is -2.36. The third-order valence-electron chi connectivity index (χ3n) is 3.97. The van der Waals surface area contributed by atoms with Crippen LogP contribution >= 0.6 is 35.4 Å². The molecule has 7 heteroatoms. The average molecular weight is 381 g/mol. The Hall–Kier alpha value is -1.56. The van der Waals surface area contributed by atoms with Gasteiger partial charge in [0.05, 0.1) is 10.0 Å². The van der Waals surface area contributed by atoms with Crippen LogP contribution in [0.3, 0.4) is 0 Å². The lowest BCUT2D eigenvalue weighted by molar-refractivity contribution is 0.379.